The summed E-state index contributed by atoms with van der Waals surface area (Å²) < 4.78 is 5.27. The van der Waals surface area contributed by atoms with Crippen molar-refractivity contribution >= 4 is 45.5 Å². The number of ether oxygens (including phenoxy) is 1. The standard InChI is InChI=1S/C27H37ClN4O5Si/c1-5-21(22(33)24(34)29-16-19-12-9-13-20(28)23(19)37-4)31-25(35)27(38,14-17(2)3)32-26(36)30-15-18-10-7-6-8-11-18/h6-13,17,21H,5,14-16H2,1-4,38H3,(H,29,34)(H,31,35)(H2,30,32,36)/t21?,27-/m0/s1. The molecule has 0 saturated carbocycles. The Balaban J connectivity index is 2.05. The third-order valence-electron chi connectivity index (χ3n) is 5.95. The highest BCUT2D eigenvalue weighted by molar-refractivity contribution is 6.39. The fraction of sp³-hybridized carbons (Fsp3) is 0.407. The molecule has 0 aliphatic heterocycles. The second-order valence-electron chi connectivity index (χ2n) is 9.64. The highest BCUT2D eigenvalue weighted by atomic mass is 35.5. The number of carbonyl (C=O) groups excluding carboxylic acids is 4. The topological polar surface area (TPSA) is 126 Å². The van der Waals surface area contributed by atoms with Crippen LogP contribution in [-0.2, 0) is 27.5 Å². The van der Waals surface area contributed by atoms with Crippen molar-refractivity contribution in [3.05, 3.63) is 64.7 Å². The maximum atomic E-state index is 13.4. The Morgan fingerprint density at radius 1 is 1.00 bits per heavy atom. The van der Waals surface area contributed by atoms with Crippen LogP contribution in [0, 0.1) is 5.92 Å². The molecule has 2 aromatic carbocycles. The summed E-state index contributed by atoms with van der Waals surface area (Å²) >= 11 is 6.12. The zero-order valence-electron chi connectivity index (χ0n) is 22.5. The van der Waals surface area contributed by atoms with Crippen LogP contribution in [0.2, 0.25) is 5.02 Å². The van der Waals surface area contributed by atoms with E-state index in [1.165, 1.54) is 7.11 Å². The third kappa shape index (κ3) is 8.88. The monoisotopic (exact) mass is 560 g/mol. The van der Waals surface area contributed by atoms with Gasteiger partial charge < -0.3 is 26.0 Å². The molecule has 2 atom stereocenters. The molecule has 0 bridgehead atoms. The van der Waals surface area contributed by atoms with Crippen molar-refractivity contribution in [1.82, 2.24) is 21.3 Å². The Morgan fingerprint density at radius 2 is 1.68 bits per heavy atom. The lowest BCUT2D eigenvalue weighted by molar-refractivity contribution is -0.140. The van der Waals surface area contributed by atoms with Gasteiger partial charge in [0.15, 0.2) is 0 Å². The van der Waals surface area contributed by atoms with Crippen molar-refractivity contribution < 1.29 is 23.9 Å². The van der Waals surface area contributed by atoms with Crippen molar-refractivity contribution in [2.24, 2.45) is 5.92 Å². The summed E-state index contributed by atoms with van der Waals surface area (Å²) in [4.78, 5) is 51.6. The minimum Gasteiger partial charge on any atom is -0.495 e. The first-order chi connectivity index (χ1) is 18.0. The van der Waals surface area contributed by atoms with E-state index in [1.54, 1.807) is 25.1 Å². The van der Waals surface area contributed by atoms with Gasteiger partial charge in [0.05, 0.1) is 23.3 Å². The zero-order chi connectivity index (χ0) is 28.3. The third-order valence-corrected chi connectivity index (χ3v) is 7.36. The van der Waals surface area contributed by atoms with Crippen molar-refractivity contribution in [1.29, 1.82) is 0 Å². The second kappa shape index (κ2) is 14.5. The molecule has 0 aliphatic carbocycles. The molecule has 0 radical (unpaired) electrons. The van der Waals surface area contributed by atoms with Gasteiger partial charge in [0.1, 0.15) is 5.75 Å². The molecule has 0 spiro atoms. The maximum Gasteiger partial charge on any atom is 0.315 e. The number of benzene rings is 2. The molecule has 38 heavy (non-hydrogen) atoms. The van der Waals surface area contributed by atoms with Crippen LogP contribution < -0.4 is 26.0 Å². The molecule has 11 heteroatoms. The average molecular weight is 561 g/mol. The SMILES string of the molecule is CCC(NC(=O)[C@@]([SiH3])(CC(C)C)NC(=O)NCc1ccccc1)C(=O)C(=O)NCc1cccc(Cl)c1OC. The summed E-state index contributed by atoms with van der Waals surface area (Å²) in [5.41, 5.74) is 1.53. The molecule has 9 nitrogen and oxygen atoms in total. The van der Waals surface area contributed by atoms with Gasteiger partial charge in [0.25, 0.3) is 5.91 Å². The first-order valence-electron chi connectivity index (χ1n) is 12.5. The molecule has 0 aliphatic rings. The summed E-state index contributed by atoms with van der Waals surface area (Å²) in [6.45, 7) is 5.93. The number of hydrogen-bond donors (Lipinski definition) is 4. The first kappa shape index (κ1) is 30.8. The average Bonchev–Trinajstić information content (AvgIpc) is 2.88. The van der Waals surface area contributed by atoms with Gasteiger partial charge in [0, 0.05) is 28.9 Å². The summed E-state index contributed by atoms with van der Waals surface area (Å²) in [7, 11) is 1.75. The predicted molar refractivity (Wildman–Crippen MR) is 151 cm³/mol. The van der Waals surface area contributed by atoms with Gasteiger partial charge in [-0.1, -0.05) is 74.8 Å². The molecule has 4 amide bonds. The van der Waals surface area contributed by atoms with Crippen LogP contribution in [0.4, 0.5) is 4.79 Å². The molecule has 1 unspecified atom stereocenters. The fourth-order valence-electron chi connectivity index (χ4n) is 4.10. The Labute approximate surface area is 231 Å². The molecule has 0 saturated heterocycles. The van der Waals surface area contributed by atoms with E-state index in [-0.39, 0.29) is 29.1 Å². The number of halogens is 1. The van der Waals surface area contributed by atoms with Gasteiger partial charge in [-0.05, 0) is 30.4 Å². The summed E-state index contributed by atoms with van der Waals surface area (Å²) in [6.07, 6.45) is 0.590. The van der Waals surface area contributed by atoms with Gasteiger partial charge >= 0.3 is 6.03 Å². The van der Waals surface area contributed by atoms with Crippen LogP contribution in [-0.4, -0.2) is 52.2 Å². The molecular weight excluding hydrogens is 524 g/mol. The van der Waals surface area contributed by atoms with Gasteiger partial charge in [-0.15, -0.1) is 0 Å². The number of Topliss-reactive ketones (excluding diaryl/α,β-unsaturated/α-hetero) is 1. The van der Waals surface area contributed by atoms with Crippen molar-refractivity contribution in [3.63, 3.8) is 0 Å². The minimum atomic E-state index is -1.17. The van der Waals surface area contributed by atoms with Gasteiger partial charge in [-0.25, -0.2) is 4.79 Å². The van der Waals surface area contributed by atoms with Crippen LogP contribution in [0.15, 0.2) is 48.5 Å². The molecule has 0 fully saturated rings. The quantitative estimate of drug-likeness (QED) is 0.220. The van der Waals surface area contributed by atoms with Crippen molar-refractivity contribution in [3.8, 4) is 5.75 Å². The van der Waals surface area contributed by atoms with Crippen LogP contribution in [0.1, 0.15) is 44.7 Å². The van der Waals surface area contributed by atoms with Crippen LogP contribution >= 0.6 is 11.6 Å². The van der Waals surface area contributed by atoms with E-state index in [1.807, 2.05) is 44.2 Å². The van der Waals surface area contributed by atoms with E-state index in [0.717, 1.165) is 5.56 Å². The molecule has 206 valence electrons. The summed E-state index contributed by atoms with van der Waals surface area (Å²) in [6, 6.07) is 13.0. The first-order valence-corrected chi connectivity index (χ1v) is 13.9. The number of methoxy groups -OCH3 is 1. The number of urea groups is 1. The number of ketones is 1. The lowest BCUT2D eigenvalue weighted by Crippen LogP contribution is -2.64. The molecule has 2 aromatic rings. The van der Waals surface area contributed by atoms with Crippen LogP contribution in [0.3, 0.4) is 0 Å². The summed E-state index contributed by atoms with van der Waals surface area (Å²) in [5.74, 6) is -1.59. The Bertz CT molecular complexity index is 1130. The van der Waals surface area contributed by atoms with Gasteiger partial charge in [0.2, 0.25) is 11.7 Å². The Kier molecular flexibility index (Phi) is 11.8. The molecule has 0 aromatic heterocycles. The number of amides is 4. The number of nitrogens with one attached hydrogen (secondary N) is 4. The zero-order valence-corrected chi connectivity index (χ0v) is 25.3. The highest BCUT2D eigenvalue weighted by Gasteiger charge is 2.38. The van der Waals surface area contributed by atoms with Crippen LogP contribution in [0.25, 0.3) is 0 Å². The lowest BCUT2D eigenvalue weighted by atomic mass is 10.0. The van der Waals surface area contributed by atoms with E-state index in [4.69, 9.17) is 16.3 Å². The van der Waals surface area contributed by atoms with E-state index in [2.05, 4.69) is 21.3 Å². The van der Waals surface area contributed by atoms with E-state index < -0.39 is 34.8 Å². The van der Waals surface area contributed by atoms with Gasteiger partial charge in [-0.3, -0.25) is 14.4 Å². The van der Waals surface area contributed by atoms with E-state index >= 15 is 0 Å². The number of carbonyl (C=O) groups is 4. The smallest absolute Gasteiger partial charge is 0.315 e. The van der Waals surface area contributed by atoms with Crippen molar-refractivity contribution in [2.75, 3.05) is 7.11 Å². The van der Waals surface area contributed by atoms with Gasteiger partial charge in [-0.2, -0.15) is 0 Å². The lowest BCUT2D eigenvalue weighted by Gasteiger charge is -2.33. The molecule has 2 rings (SSSR count). The number of rotatable bonds is 13. The van der Waals surface area contributed by atoms with E-state index in [9.17, 15) is 19.2 Å². The minimum absolute atomic E-state index is 0.0276. The normalized spacial score (nSPS) is 13.2. The van der Waals surface area contributed by atoms with E-state index in [0.29, 0.717) is 29.3 Å². The highest BCUT2D eigenvalue weighted by Crippen LogP contribution is 2.28. The van der Waals surface area contributed by atoms with Crippen molar-refractivity contribution in [2.45, 2.75) is 57.9 Å². The maximum absolute atomic E-state index is 13.4. The predicted octanol–water partition coefficient (Wildman–Crippen LogP) is 2.04. The Morgan fingerprint density at radius 3 is 2.29 bits per heavy atom. The molecular formula is C27H37ClN4O5Si. The largest absolute Gasteiger partial charge is 0.495 e. The second-order valence-corrected chi connectivity index (χ2v) is 11.8. The summed E-state index contributed by atoms with van der Waals surface area (Å²) in [5, 5.41) is 10.1. The Hall–Kier alpha value is -3.37. The molecule has 4 N–H and O–H groups in total. The number of para-hydroxylation sites is 1. The molecule has 0 heterocycles. The van der Waals surface area contributed by atoms with Crippen LogP contribution in [0.5, 0.6) is 5.75 Å². The fourth-order valence-corrected chi connectivity index (χ4v) is 5.56. The number of hydrogen-bond acceptors (Lipinski definition) is 5.